The molecule has 0 spiro atoms. The first kappa shape index (κ1) is 22.9. The molecule has 0 saturated carbocycles. The van der Waals surface area contributed by atoms with E-state index < -0.39 is 10.0 Å². The van der Waals surface area contributed by atoms with Crippen LogP contribution in [-0.2, 0) is 21.2 Å². The summed E-state index contributed by atoms with van der Waals surface area (Å²) in [6.45, 7) is 0.199. The summed E-state index contributed by atoms with van der Waals surface area (Å²) in [4.78, 5) is 12.6. The van der Waals surface area contributed by atoms with Crippen molar-refractivity contribution in [2.45, 2.75) is 38.1 Å². The normalized spacial score (nSPS) is 15.6. The zero-order valence-corrected chi connectivity index (χ0v) is 19.1. The average Bonchev–Trinajstić information content (AvgIpc) is 2.75. The van der Waals surface area contributed by atoms with E-state index in [1.165, 1.54) is 17.0 Å². The molecular weight excluding hydrogens is 416 g/mol. The van der Waals surface area contributed by atoms with E-state index >= 15 is 0 Å². The summed E-state index contributed by atoms with van der Waals surface area (Å²) in [5.41, 5.74) is 2.81. The number of rotatable bonds is 9. The van der Waals surface area contributed by atoms with Crippen LogP contribution in [0, 0.1) is 0 Å². The van der Waals surface area contributed by atoms with Crippen LogP contribution in [-0.4, -0.2) is 41.3 Å². The highest BCUT2D eigenvalue weighted by Gasteiger charge is 2.24. The van der Waals surface area contributed by atoms with Gasteiger partial charge in [-0.25, -0.2) is 8.42 Å². The molecular formula is C23H30N2O5S. The maximum atomic E-state index is 12.6. The van der Waals surface area contributed by atoms with Gasteiger partial charge in [0.05, 0.1) is 32.2 Å². The molecule has 3 rings (SSSR count). The van der Waals surface area contributed by atoms with Crippen molar-refractivity contribution >= 4 is 21.6 Å². The van der Waals surface area contributed by atoms with E-state index in [1.54, 1.807) is 31.4 Å². The predicted molar refractivity (Wildman–Crippen MR) is 121 cm³/mol. The molecule has 0 fully saturated rings. The number of carbonyl (C=O) groups is 1. The number of carbonyl (C=O) groups excluding carboxylic acids is 1. The second-order valence-corrected chi connectivity index (χ2v) is 9.59. The number of nitrogens with zero attached hydrogens (tertiary/aromatic N) is 1. The fourth-order valence-corrected chi connectivity index (χ4v) is 4.99. The topological polar surface area (TPSA) is 84.9 Å². The lowest BCUT2D eigenvalue weighted by molar-refractivity contribution is -0.122. The van der Waals surface area contributed by atoms with E-state index in [-0.39, 0.29) is 24.9 Å². The number of fused-ring (bicyclic) bond motifs is 1. The van der Waals surface area contributed by atoms with Crippen molar-refractivity contribution in [2.24, 2.45) is 0 Å². The lowest BCUT2D eigenvalue weighted by atomic mass is 9.87. The van der Waals surface area contributed by atoms with Crippen LogP contribution in [0.4, 0.5) is 5.69 Å². The lowest BCUT2D eigenvalue weighted by Crippen LogP contribution is -2.34. The number of para-hydroxylation sites is 2. The van der Waals surface area contributed by atoms with E-state index in [0.29, 0.717) is 17.9 Å². The minimum atomic E-state index is -3.51. The summed E-state index contributed by atoms with van der Waals surface area (Å²) in [5.74, 6) is 1.22. The van der Waals surface area contributed by atoms with E-state index in [0.717, 1.165) is 36.8 Å². The Morgan fingerprint density at radius 2 is 1.94 bits per heavy atom. The molecule has 2 aromatic rings. The van der Waals surface area contributed by atoms with Crippen molar-refractivity contribution in [3.05, 3.63) is 53.6 Å². The highest BCUT2D eigenvalue weighted by Crippen LogP contribution is 2.32. The van der Waals surface area contributed by atoms with Gasteiger partial charge in [0.15, 0.2) is 0 Å². The van der Waals surface area contributed by atoms with Gasteiger partial charge in [-0.3, -0.25) is 9.10 Å². The van der Waals surface area contributed by atoms with Crippen molar-refractivity contribution in [1.29, 1.82) is 0 Å². The molecule has 0 unspecified atom stereocenters. The van der Waals surface area contributed by atoms with Gasteiger partial charge in [0.1, 0.15) is 11.5 Å². The minimum absolute atomic E-state index is 0.0256. The molecule has 0 aromatic heterocycles. The number of ether oxygens (including phenoxy) is 2. The van der Waals surface area contributed by atoms with Gasteiger partial charge in [-0.15, -0.1) is 0 Å². The number of aryl methyl sites for hydroxylation is 1. The molecule has 1 aliphatic carbocycles. The first-order valence-corrected chi connectivity index (χ1v) is 12.2. The minimum Gasteiger partial charge on any atom is -0.497 e. The molecule has 2 aromatic carbocycles. The van der Waals surface area contributed by atoms with Crippen LogP contribution in [0.3, 0.4) is 0 Å². The Bertz CT molecular complexity index is 1020. The summed E-state index contributed by atoms with van der Waals surface area (Å²) in [6, 6.07) is 12.9. The number of nitrogens with one attached hydrogen (secondary N) is 1. The number of sulfonamides is 1. The van der Waals surface area contributed by atoms with Crippen molar-refractivity contribution in [2.75, 3.05) is 31.3 Å². The van der Waals surface area contributed by atoms with Crippen LogP contribution in [0.2, 0.25) is 0 Å². The first-order chi connectivity index (χ1) is 14.8. The SMILES string of the molecule is COc1ccc2c(c1)CCC[C@H]2NC(=O)CCCN(c1ccccc1OC)S(C)(=O)=O. The van der Waals surface area contributed by atoms with Gasteiger partial charge in [0.25, 0.3) is 0 Å². The number of anilines is 1. The fraction of sp³-hybridized carbons (Fsp3) is 0.435. The van der Waals surface area contributed by atoms with E-state index in [2.05, 4.69) is 5.32 Å². The quantitative estimate of drug-likeness (QED) is 0.638. The molecule has 0 aliphatic heterocycles. The molecule has 1 atom stereocenters. The summed E-state index contributed by atoms with van der Waals surface area (Å²) in [7, 11) is -0.361. The highest BCUT2D eigenvalue weighted by atomic mass is 32.2. The molecule has 8 heteroatoms. The number of hydrogen-bond acceptors (Lipinski definition) is 5. The van der Waals surface area contributed by atoms with Crippen LogP contribution < -0.4 is 19.1 Å². The van der Waals surface area contributed by atoms with Crippen molar-refractivity contribution in [3.8, 4) is 11.5 Å². The molecule has 0 bridgehead atoms. The molecule has 0 saturated heterocycles. The van der Waals surface area contributed by atoms with Gasteiger partial charge < -0.3 is 14.8 Å². The van der Waals surface area contributed by atoms with E-state index in [9.17, 15) is 13.2 Å². The van der Waals surface area contributed by atoms with Gasteiger partial charge in [-0.2, -0.15) is 0 Å². The van der Waals surface area contributed by atoms with Gasteiger partial charge >= 0.3 is 0 Å². The molecule has 1 aliphatic rings. The Morgan fingerprint density at radius 3 is 2.65 bits per heavy atom. The van der Waals surface area contributed by atoms with Crippen LogP contribution in [0.25, 0.3) is 0 Å². The summed E-state index contributed by atoms with van der Waals surface area (Å²) >= 11 is 0. The Morgan fingerprint density at radius 1 is 1.16 bits per heavy atom. The Labute approximate surface area is 184 Å². The third kappa shape index (κ3) is 5.70. The van der Waals surface area contributed by atoms with Gasteiger partial charge in [0.2, 0.25) is 15.9 Å². The maximum Gasteiger partial charge on any atom is 0.232 e. The molecule has 31 heavy (non-hydrogen) atoms. The molecule has 1 amide bonds. The summed E-state index contributed by atoms with van der Waals surface area (Å²) in [6.07, 6.45) is 4.67. The van der Waals surface area contributed by atoms with Crippen LogP contribution in [0.1, 0.15) is 42.9 Å². The number of methoxy groups -OCH3 is 2. The standard InChI is InChI=1S/C23H30N2O5S/c1-29-18-13-14-19-17(16-18)8-6-9-20(19)24-23(26)12-7-15-25(31(3,27)28)21-10-4-5-11-22(21)30-2/h4-5,10-11,13-14,16,20H,6-9,12,15H2,1-3H3,(H,24,26)/t20-/m1/s1. The Hall–Kier alpha value is -2.74. The largest absolute Gasteiger partial charge is 0.497 e. The van der Waals surface area contributed by atoms with Crippen LogP contribution >= 0.6 is 0 Å². The molecule has 168 valence electrons. The predicted octanol–water partition coefficient (Wildman–Crippen LogP) is 3.44. The van der Waals surface area contributed by atoms with Gasteiger partial charge in [-0.05, 0) is 61.1 Å². The van der Waals surface area contributed by atoms with E-state index in [1.807, 2.05) is 18.2 Å². The second kappa shape index (κ2) is 10.0. The molecule has 7 nitrogen and oxygen atoms in total. The van der Waals surface area contributed by atoms with Crippen molar-refractivity contribution in [1.82, 2.24) is 5.32 Å². The first-order valence-electron chi connectivity index (χ1n) is 10.4. The monoisotopic (exact) mass is 446 g/mol. The summed E-state index contributed by atoms with van der Waals surface area (Å²) in [5, 5.41) is 3.11. The smallest absolute Gasteiger partial charge is 0.232 e. The van der Waals surface area contributed by atoms with Crippen molar-refractivity contribution < 1.29 is 22.7 Å². The van der Waals surface area contributed by atoms with Crippen LogP contribution in [0.15, 0.2) is 42.5 Å². The average molecular weight is 447 g/mol. The molecule has 0 heterocycles. The second-order valence-electron chi connectivity index (χ2n) is 7.69. The maximum absolute atomic E-state index is 12.6. The molecule has 0 radical (unpaired) electrons. The van der Waals surface area contributed by atoms with Gasteiger partial charge in [-0.1, -0.05) is 18.2 Å². The van der Waals surface area contributed by atoms with Gasteiger partial charge in [0, 0.05) is 13.0 Å². The lowest BCUT2D eigenvalue weighted by Gasteiger charge is -2.27. The van der Waals surface area contributed by atoms with E-state index in [4.69, 9.17) is 9.47 Å². The third-order valence-electron chi connectivity index (χ3n) is 5.52. The number of hydrogen-bond donors (Lipinski definition) is 1. The Kier molecular flexibility index (Phi) is 7.43. The fourth-order valence-electron chi connectivity index (χ4n) is 4.02. The third-order valence-corrected chi connectivity index (χ3v) is 6.70. The zero-order chi connectivity index (χ0) is 22.4. The molecule has 1 N–H and O–H groups in total. The summed E-state index contributed by atoms with van der Waals surface area (Å²) < 4.78 is 36.6. The number of benzene rings is 2. The number of amides is 1. The highest BCUT2D eigenvalue weighted by molar-refractivity contribution is 7.92. The van der Waals surface area contributed by atoms with Crippen molar-refractivity contribution in [3.63, 3.8) is 0 Å². The zero-order valence-electron chi connectivity index (χ0n) is 18.3. The Balaban J connectivity index is 1.62. The van der Waals surface area contributed by atoms with Crippen LogP contribution in [0.5, 0.6) is 11.5 Å².